The molecule has 0 spiro atoms. The Kier molecular flexibility index (Phi) is 6.69. The molecule has 0 radical (unpaired) electrons. The molecule has 36 heavy (non-hydrogen) atoms. The van der Waals surface area contributed by atoms with Gasteiger partial charge in [0.2, 0.25) is 0 Å². The minimum atomic E-state index is -0.675. The molecule has 0 amide bonds. The fourth-order valence-electron chi connectivity index (χ4n) is 5.97. The number of carbonyl (C=O) groups is 2. The van der Waals surface area contributed by atoms with Crippen molar-refractivity contribution in [3.8, 4) is 5.75 Å². The van der Waals surface area contributed by atoms with Gasteiger partial charge in [-0.25, -0.2) is 0 Å². The van der Waals surface area contributed by atoms with Crippen molar-refractivity contribution in [3.63, 3.8) is 0 Å². The van der Waals surface area contributed by atoms with E-state index in [1.54, 1.807) is 18.2 Å². The fourth-order valence-corrected chi connectivity index (χ4v) is 5.97. The Balaban J connectivity index is 1.51. The average molecular weight is 487 g/mol. The van der Waals surface area contributed by atoms with Gasteiger partial charge in [0.15, 0.2) is 5.78 Å². The van der Waals surface area contributed by atoms with E-state index in [1.165, 1.54) is 0 Å². The van der Waals surface area contributed by atoms with Crippen molar-refractivity contribution in [1.29, 1.82) is 0 Å². The van der Waals surface area contributed by atoms with Crippen LogP contribution in [0.3, 0.4) is 0 Å². The number of anilines is 1. The summed E-state index contributed by atoms with van der Waals surface area (Å²) in [6.07, 6.45) is 4.84. The van der Waals surface area contributed by atoms with E-state index >= 15 is 0 Å². The van der Waals surface area contributed by atoms with Gasteiger partial charge in [-0.15, -0.1) is 0 Å². The van der Waals surface area contributed by atoms with Crippen LogP contribution in [0.1, 0.15) is 68.4 Å². The molecule has 2 aromatic carbocycles. The third-order valence-corrected chi connectivity index (χ3v) is 7.84. The van der Waals surface area contributed by atoms with Crippen molar-refractivity contribution < 1.29 is 19.4 Å². The van der Waals surface area contributed by atoms with Gasteiger partial charge in [0, 0.05) is 49.1 Å². The van der Waals surface area contributed by atoms with Crippen LogP contribution in [0.4, 0.5) is 5.69 Å². The lowest BCUT2D eigenvalue weighted by Gasteiger charge is -2.37. The molecule has 0 bridgehead atoms. The SMILES string of the molecule is CC1=NC2=C(C(=O)CC(c3ccc(N(C)C)cc3)C2)C(c2cccc(O)c2)C1C(=O)OC1CCCC1. The number of Topliss-reactive ketones (excluding diaryl/α,β-unsaturated/α-hetero) is 1. The van der Waals surface area contributed by atoms with Crippen LogP contribution < -0.4 is 4.90 Å². The molecule has 6 nitrogen and oxygen atoms in total. The van der Waals surface area contributed by atoms with Gasteiger partial charge in [0.1, 0.15) is 17.8 Å². The van der Waals surface area contributed by atoms with E-state index in [0.717, 1.165) is 48.2 Å². The number of aliphatic imine (C=N–C) groups is 1. The Morgan fingerprint density at radius 1 is 1.03 bits per heavy atom. The molecule has 0 aromatic heterocycles. The summed E-state index contributed by atoms with van der Waals surface area (Å²) in [6, 6.07) is 15.2. The molecule has 6 heteroatoms. The number of phenolic OH excluding ortho intramolecular Hbond substituents is 1. The molecular formula is C30H34N2O4. The molecule has 1 saturated carbocycles. The normalized spacial score (nSPS) is 24.4. The number of esters is 1. The van der Waals surface area contributed by atoms with Gasteiger partial charge in [-0.05, 0) is 80.3 Å². The van der Waals surface area contributed by atoms with Gasteiger partial charge in [0.05, 0.1) is 0 Å². The highest BCUT2D eigenvalue weighted by Gasteiger charge is 2.45. The number of carbonyl (C=O) groups excluding carboxylic acids is 2. The van der Waals surface area contributed by atoms with E-state index < -0.39 is 11.8 Å². The lowest BCUT2D eigenvalue weighted by atomic mass is 9.69. The Bertz CT molecular complexity index is 1220. The van der Waals surface area contributed by atoms with Gasteiger partial charge < -0.3 is 14.7 Å². The molecule has 3 unspecified atom stereocenters. The second kappa shape index (κ2) is 9.92. The van der Waals surface area contributed by atoms with Gasteiger partial charge in [-0.1, -0.05) is 24.3 Å². The standard InChI is InChI=1S/C30H34N2O4/c1-18-27(30(35)36-24-9-4-5-10-24)28(20-7-6-8-23(33)15-20)29-25(31-18)16-21(17-26(29)34)19-11-13-22(14-12-19)32(2)3/h6-8,11-15,21,24,27-28,33H,4-5,9-10,16-17H2,1-3H3. The summed E-state index contributed by atoms with van der Waals surface area (Å²) in [7, 11) is 4.01. The molecule has 5 rings (SSSR count). The number of hydrogen-bond acceptors (Lipinski definition) is 6. The summed E-state index contributed by atoms with van der Waals surface area (Å²) in [5.74, 6) is -1.34. The number of allylic oxidation sites excluding steroid dienone is 2. The molecule has 3 atom stereocenters. The van der Waals surface area contributed by atoms with E-state index in [1.807, 2.05) is 27.1 Å². The number of ether oxygens (including phenoxy) is 1. The lowest BCUT2D eigenvalue weighted by Crippen LogP contribution is -2.39. The molecule has 1 heterocycles. The second-order valence-corrected chi connectivity index (χ2v) is 10.5. The van der Waals surface area contributed by atoms with Crippen molar-refractivity contribution in [2.45, 2.75) is 63.4 Å². The first-order valence-electron chi connectivity index (χ1n) is 12.9. The van der Waals surface area contributed by atoms with Gasteiger partial charge in [0.25, 0.3) is 0 Å². The molecule has 2 aromatic rings. The van der Waals surface area contributed by atoms with E-state index in [2.05, 4.69) is 29.2 Å². The number of nitrogens with zero attached hydrogens (tertiary/aromatic N) is 2. The summed E-state index contributed by atoms with van der Waals surface area (Å²) >= 11 is 0. The molecule has 2 aliphatic carbocycles. The van der Waals surface area contributed by atoms with E-state index in [-0.39, 0.29) is 29.5 Å². The van der Waals surface area contributed by atoms with E-state index in [4.69, 9.17) is 9.73 Å². The van der Waals surface area contributed by atoms with Crippen LogP contribution in [0.5, 0.6) is 5.75 Å². The monoisotopic (exact) mass is 486 g/mol. The maximum Gasteiger partial charge on any atom is 0.315 e. The summed E-state index contributed by atoms with van der Waals surface area (Å²) < 4.78 is 5.92. The maximum absolute atomic E-state index is 13.7. The Morgan fingerprint density at radius 3 is 2.42 bits per heavy atom. The van der Waals surface area contributed by atoms with Crippen LogP contribution in [0.25, 0.3) is 0 Å². The number of hydrogen-bond donors (Lipinski definition) is 1. The average Bonchev–Trinajstić information content (AvgIpc) is 3.36. The lowest BCUT2D eigenvalue weighted by molar-refractivity contribution is -0.151. The number of rotatable bonds is 5. The van der Waals surface area contributed by atoms with Crippen molar-refractivity contribution in [2.24, 2.45) is 10.9 Å². The van der Waals surface area contributed by atoms with Gasteiger partial charge in [-0.2, -0.15) is 0 Å². The summed E-state index contributed by atoms with van der Waals surface area (Å²) in [5, 5.41) is 10.2. The predicted octanol–water partition coefficient (Wildman–Crippen LogP) is 5.52. The number of benzene rings is 2. The Hall–Kier alpha value is -3.41. The van der Waals surface area contributed by atoms with Crippen molar-refractivity contribution in [3.05, 3.63) is 70.9 Å². The van der Waals surface area contributed by atoms with Crippen molar-refractivity contribution in [2.75, 3.05) is 19.0 Å². The van der Waals surface area contributed by atoms with Crippen LogP contribution in [0, 0.1) is 5.92 Å². The second-order valence-electron chi connectivity index (χ2n) is 10.5. The third kappa shape index (κ3) is 4.69. The highest BCUT2D eigenvalue weighted by atomic mass is 16.5. The maximum atomic E-state index is 13.7. The molecule has 1 fully saturated rings. The van der Waals surface area contributed by atoms with Crippen LogP contribution >= 0.6 is 0 Å². The zero-order valence-electron chi connectivity index (χ0n) is 21.2. The third-order valence-electron chi connectivity index (χ3n) is 7.84. The van der Waals surface area contributed by atoms with Crippen molar-refractivity contribution >= 4 is 23.2 Å². The highest BCUT2D eigenvalue weighted by molar-refractivity contribution is 6.09. The smallest absolute Gasteiger partial charge is 0.315 e. The summed E-state index contributed by atoms with van der Waals surface area (Å²) in [4.78, 5) is 34.1. The minimum absolute atomic E-state index is 0.0150. The topological polar surface area (TPSA) is 79.2 Å². The van der Waals surface area contributed by atoms with Gasteiger partial charge in [-0.3, -0.25) is 14.6 Å². The zero-order valence-corrected chi connectivity index (χ0v) is 21.2. The Labute approximate surface area is 212 Å². The van der Waals surface area contributed by atoms with Crippen LogP contribution in [0.15, 0.2) is 64.8 Å². The zero-order chi connectivity index (χ0) is 25.4. The quantitative estimate of drug-likeness (QED) is 0.563. The highest BCUT2D eigenvalue weighted by Crippen LogP contribution is 2.47. The minimum Gasteiger partial charge on any atom is -0.508 e. The van der Waals surface area contributed by atoms with Gasteiger partial charge >= 0.3 is 5.97 Å². The molecule has 188 valence electrons. The first-order valence-corrected chi connectivity index (χ1v) is 12.9. The number of ketones is 1. The predicted molar refractivity (Wildman–Crippen MR) is 141 cm³/mol. The first kappa shape index (κ1) is 24.3. The molecular weight excluding hydrogens is 452 g/mol. The number of aromatic hydroxyl groups is 1. The summed E-state index contributed by atoms with van der Waals surface area (Å²) in [6.45, 7) is 1.86. The molecule has 0 saturated heterocycles. The molecule has 1 N–H and O–H groups in total. The molecule has 3 aliphatic rings. The largest absolute Gasteiger partial charge is 0.508 e. The molecule has 1 aliphatic heterocycles. The number of phenols is 1. The van der Waals surface area contributed by atoms with Crippen molar-refractivity contribution in [1.82, 2.24) is 0 Å². The van der Waals surface area contributed by atoms with E-state index in [9.17, 15) is 14.7 Å². The van der Waals surface area contributed by atoms with Crippen LogP contribution in [-0.4, -0.2) is 42.8 Å². The fraction of sp³-hybridized carbons (Fsp3) is 0.433. The Morgan fingerprint density at radius 2 is 1.75 bits per heavy atom. The van der Waals surface area contributed by atoms with Crippen LogP contribution in [0.2, 0.25) is 0 Å². The summed E-state index contributed by atoms with van der Waals surface area (Å²) in [5.41, 5.74) is 4.99. The van der Waals surface area contributed by atoms with Crippen LogP contribution in [-0.2, 0) is 14.3 Å². The first-order chi connectivity index (χ1) is 17.3. The van der Waals surface area contributed by atoms with E-state index in [0.29, 0.717) is 24.1 Å².